The van der Waals surface area contributed by atoms with Gasteiger partial charge in [0, 0.05) is 0 Å². The molecule has 16 N–H and O–H groups in total. The van der Waals surface area contributed by atoms with Gasteiger partial charge in [0.25, 0.3) is 0 Å². The predicted molar refractivity (Wildman–Crippen MR) is 58.0 cm³/mol. The van der Waals surface area contributed by atoms with Crippen LogP contribution in [0.1, 0.15) is 0 Å². The zero-order valence-corrected chi connectivity index (χ0v) is 9.46. The van der Waals surface area contributed by atoms with Gasteiger partial charge in [0.15, 0.2) is 0 Å². The molecule has 0 aliphatic heterocycles. The number of aliphatic carboxylic acids is 4. The molecule has 0 aromatic heterocycles. The molecule has 0 aliphatic rings. The SMILES string of the molecule is N.N.N.O=C(O)C(=O)O.O=C(O)C(=O)O.OB(O)O. The van der Waals surface area contributed by atoms with Crippen molar-refractivity contribution in [1.82, 2.24) is 18.5 Å². The van der Waals surface area contributed by atoms with E-state index in [2.05, 4.69) is 0 Å². The minimum Gasteiger partial charge on any atom is -0.473 e. The van der Waals surface area contributed by atoms with E-state index in [1.165, 1.54) is 0 Å². The fraction of sp³-hybridized carbons (Fsp3) is 0. The number of carboxylic acids is 4. The number of rotatable bonds is 0. The van der Waals surface area contributed by atoms with E-state index >= 15 is 0 Å². The molecule has 0 spiro atoms. The van der Waals surface area contributed by atoms with Crippen molar-refractivity contribution in [2.24, 2.45) is 0 Å². The number of hydrogen-bond donors (Lipinski definition) is 10. The van der Waals surface area contributed by atoms with Gasteiger partial charge < -0.3 is 53.9 Å². The zero-order valence-electron chi connectivity index (χ0n) is 9.46. The summed E-state index contributed by atoms with van der Waals surface area (Å²) in [4.78, 5) is 36.4. The second-order valence-corrected chi connectivity index (χ2v) is 1.57. The Hall–Kier alpha value is -2.30. The summed E-state index contributed by atoms with van der Waals surface area (Å²) in [5.74, 6) is -7.30. The van der Waals surface area contributed by atoms with Crippen molar-refractivity contribution in [3.8, 4) is 0 Å². The van der Waals surface area contributed by atoms with Crippen molar-refractivity contribution in [2.45, 2.75) is 0 Å². The maximum atomic E-state index is 9.10. The van der Waals surface area contributed by atoms with Crippen molar-refractivity contribution in [3.05, 3.63) is 0 Å². The first-order chi connectivity index (χ1) is 7.02. The number of carbonyl (C=O) groups is 4. The molecular formula is C4H16BN3O11. The van der Waals surface area contributed by atoms with Crippen molar-refractivity contribution in [1.29, 1.82) is 0 Å². The van der Waals surface area contributed by atoms with Crippen LogP contribution in [-0.4, -0.2) is 66.7 Å². The van der Waals surface area contributed by atoms with Crippen LogP contribution in [0.15, 0.2) is 0 Å². The molecule has 0 aliphatic carbocycles. The average molecular weight is 293 g/mol. The molecule has 0 aromatic rings. The van der Waals surface area contributed by atoms with E-state index in [4.69, 9.17) is 54.7 Å². The lowest BCUT2D eigenvalue weighted by atomic mass is 10.3. The summed E-state index contributed by atoms with van der Waals surface area (Å²) in [7, 11) is -2.17. The average Bonchev–Trinajstić information content (AvgIpc) is 2.03. The number of hydrogen-bond acceptors (Lipinski definition) is 10. The highest BCUT2D eigenvalue weighted by molar-refractivity contribution is 6.30. The fourth-order valence-electron chi connectivity index (χ4n) is 0. The smallest absolute Gasteiger partial charge is 0.473 e. The summed E-state index contributed by atoms with van der Waals surface area (Å²) in [5.41, 5.74) is 0. The van der Waals surface area contributed by atoms with Crippen LogP contribution >= 0.6 is 0 Å². The standard InChI is InChI=1S/2C2H2O4.BH3O3.3H3N/c2*3-1(4)2(5)6;2-1(3)4;;;/h2*(H,3,4)(H,5,6);2-4H;3*1H3. The Balaban J connectivity index is -0.0000000315. The molecule has 0 fully saturated rings. The van der Waals surface area contributed by atoms with Crippen LogP contribution in [0.5, 0.6) is 0 Å². The minimum atomic E-state index is -2.17. The molecule has 0 rings (SSSR count). The zero-order chi connectivity index (χ0) is 13.9. The quantitative estimate of drug-likeness (QED) is 0.155. The van der Waals surface area contributed by atoms with Crippen LogP contribution in [0.2, 0.25) is 0 Å². The molecule has 0 amide bonds. The summed E-state index contributed by atoms with van der Waals surface area (Å²) in [5, 5.41) is 51.1. The minimum absolute atomic E-state index is 0. The molecule has 0 heterocycles. The normalized spacial score (nSPS) is 6.05. The van der Waals surface area contributed by atoms with Gasteiger partial charge >= 0.3 is 31.2 Å². The van der Waals surface area contributed by atoms with E-state index in [0.717, 1.165) is 0 Å². The molecule has 0 radical (unpaired) electrons. The highest BCUT2D eigenvalue weighted by atomic mass is 16.5. The molecule has 0 bridgehead atoms. The van der Waals surface area contributed by atoms with Gasteiger partial charge in [0.05, 0.1) is 0 Å². The molecule has 0 unspecified atom stereocenters. The largest absolute Gasteiger partial charge is 0.631 e. The predicted octanol–water partition coefficient (Wildman–Crippen LogP) is -3.25. The number of carboxylic acid groups (broad SMARTS) is 4. The lowest BCUT2D eigenvalue weighted by Crippen LogP contribution is -2.09. The Labute approximate surface area is 105 Å². The summed E-state index contributed by atoms with van der Waals surface area (Å²) >= 11 is 0. The van der Waals surface area contributed by atoms with Gasteiger partial charge in [-0.1, -0.05) is 0 Å². The van der Waals surface area contributed by atoms with Crippen molar-refractivity contribution < 1.29 is 54.7 Å². The van der Waals surface area contributed by atoms with Crippen molar-refractivity contribution in [3.63, 3.8) is 0 Å². The van der Waals surface area contributed by atoms with E-state index < -0.39 is 31.2 Å². The molecular weight excluding hydrogens is 277 g/mol. The Bertz CT molecular complexity index is 218. The fourth-order valence-corrected chi connectivity index (χ4v) is 0. The Morgan fingerprint density at radius 2 is 0.579 bits per heavy atom. The first-order valence-electron chi connectivity index (χ1n) is 2.99. The third kappa shape index (κ3) is 90.6. The van der Waals surface area contributed by atoms with Crippen LogP contribution in [0.3, 0.4) is 0 Å². The second-order valence-electron chi connectivity index (χ2n) is 1.57. The van der Waals surface area contributed by atoms with Gasteiger partial charge in [-0.2, -0.15) is 0 Å². The Kier molecular flexibility index (Phi) is 39.8. The van der Waals surface area contributed by atoms with E-state index in [-0.39, 0.29) is 18.5 Å². The van der Waals surface area contributed by atoms with Crippen molar-refractivity contribution >= 4 is 31.2 Å². The third-order valence-electron chi connectivity index (χ3n) is 0.366. The van der Waals surface area contributed by atoms with Gasteiger partial charge in [-0.3, -0.25) is 0 Å². The monoisotopic (exact) mass is 293 g/mol. The maximum Gasteiger partial charge on any atom is 0.631 e. The summed E-state index contributed by atoms with van der Waals surface area (Å²) < 4.78 is 0. The van der Waals surface area contributed by atoms with E-state index in [1.807, 2.05) is 0 Å². The van der Waals surface area contributed by atoms with E-state index in [1.54, 1.807) is 0 Å². The van der Waals surface area contributed by atoms with Gasteiger partial charge in [0.2, 0.25) is 0 Å². The highest BCUT2D eigenvalue weighted by Crippen LogP contribution is 1.56. The Morgan fingerprint density at radius 3 is 0.579 bits per heavy atom. The van der Waals surface area contributed by atoms with Crippen LogP contribution in [0, 0.1) is 0 Å². The van der Waals surface area contributed by atoms with Crippen LogP contribution < -0.4 is 18.5 Å². The summed E-state index contributed by atoms with van der Waals surface area (Å²) in [6, 6.07) is 0. The molecule has 14 nitrogen and oxygen atoms in total. The first kappa shape index (κ1) is 36.0. The third-order valence-corrected chi connectivity index (χ3v) is 0.366. The molecule has 0 aromatic carbocycles. The van der Waals surface area contributed by atoms with Crippen LogP contribution in [-0.2, 0) is 19.2 Å². The molecule has 0 saturated heterocycles. The molecule has 19 heavy (non-hydrogen) atoms. The lowest BCUT2D eigenvalue weighted by molar-refractivity contribution is -0.159. The molecule has 15 heteroatoms. The molecule has 0 atom stereocenters. The van der Waals surface area contributed by atoms with Crippen molar-refractivity contribution in [2.75, 3.05) is 0 Å². The Morgan fingerprint density at radius 1 is 0.526 bits per heavy atom. The van der Waals surface area contributed by atoms with Gasteiger partial charge in [0.1, 0.15) is 0 Å². The lowest BCUT2D eigenvalue weighted by Gasteiger charge is -1.72. The van der Waals surface area contributed by atoms with Gasteiger partial charge in [-0.15, -0.1) is 0 Å². The van der Waals surface area contributed by atoms with Crippen LogP contribution in [0.25, 0.3) is 0 Å². The van der Waals surface area contributed by atoms with E-state index in [9.17, 15) is 0 Å². The van der Waals surface area contributed by atoms with Gasteiger partial charge in [-0.25, -0.2) is 19.2 Å². The summed E-state index contributed by atoms with van der Waals surface area (Å²) in [6.45, 7) is 0. The van der Waals surface area contributed by atoms with Gasteiger partial charge in [-0.05, 0) is 0 Å². The molecule has 116 valence electrons. The maximum absolute atomic E-state index is 9.10. The van der Waals surface area contributed by atoms with E-state index in [0.29, 0.717) is 0 Å². The first-order valence-corrected chi connectivity index (χ1v) is 2.99. The second kappa shape index (κ2) is 21.0. The summed E-state index contributed by atoms with van der Waals surface area (Å²) in [6.07, 6.45) is 0. The topological polar surface area (TPSA) is 315 Å². The highest BCUT2D eigenvalue weighted by Gasteiger charge is 2.04. The van der Waals surface area contributed by atoms with Crippen LogP contribution in [0.4, 0.5) is 0 Å². The molecule has 0 saturated carbocycles.